The van der Waals surface area contributed by atoms with E-state index < -0.39 is 23.0 Å². The molecule has 1 rings (SSSR count). The van der Waals surface area contributed by atoms with Crippen LogP contribution in [0.15, 0.2) is 28.4 Å². The molecule has 8 nitrogen and oxygen atoms in total. The van der Waals surface area contributed by atoms with Gasteiger partial charge in [0.15, 0.2) is 0 Å². The summed E-state index contributed by atoms with van der Waals surface area (Å²) < 4.78 is 19.2. The van der Waals surface area contributed by atoms with Gasteiger partial charge in [-0.2, -0.15) is 0 Å². The Morgan fingerprint density at radius 2 is 1.97 bits per heavy atom. The van der Waals surface area contributed by atoms with E-state index in [2.05, 4.69) is 25.4 Å². The van der Waals surface area contributed by atoms with E-state index in [-0.39, 0.29) is 19.9 Å². The number of aromatic nitrogens is 2. The zero-order valence-corrected chi connectivity index (χ0v) is 17.9. The summed E-state index contributed by atoms with van der Waals surface area (Å²) in [6.07, 6.45) is 6.59. The van der Waals surface area contributed by atoms with Gasteiger partial charge in [0.1, 0.15) is 18.4 Å². The number of aliphatic hydroxyl groups excluding tert-OH is 1. The Labute approximate surface area is 172 Å². The summed E-state index contributed by atoms with van der Waals surface area (Å²) in [5, 5.41) is 10.0. The van der Waals surface area contributed by atoms with Gasteiger partial charge in [-0.15, -0.1) is 6.58 Å². The number of nitrogens with one attached hydrogen (secondary N) is 1. The minimum atomic E-state index is -1.01. The van der Waals surface area contributed by atoms with Crippen molar-refractivity contribution in [3.63, 3.8) is 0 Å². The van der Waals surface area contributed by atoms with Crippen molar-refractivity contribution in [3.8, 4) is 0 Å². The highest BCUT2D eigenvalue weighted by Crippen LogP contribution is 2.26. The zero-order valence-electron chi connectivity index (χ0n) is 17.9. The number of aliphatic hydroxyl groups is 1. The Kier molecular flexibility index (Phi) is 11.8. The van der Waals surface area contributed by atoms with Crippen molar-refractivity contribution < 1.29 is 19.3 Å². The summed E-state index contributed by atoms with van der Waals surface area (Å²) >= 11 is 0. The molecule has 8 heteroatoms. The van der Waals surface area contributed by atoms with Crippen molar-refractivity contribution >= 4 is 0 Å². The maximum Gasteiger partial charge on any atom is 0.330 e. The monoisotopic (exact) mass is 412 g/mol. The average molecular weight is 413 g/mol. The molecular weight excluding hydrogens is 376 g/mol. The number of rotatable bonds is 16. The Morgan fingerprint density at radius 3 is 2.59 bits per heavy atom. The van der Waals surface area contributed by atoms with Gasteiger partial charge in [0, 0.05) is 25.0 Å². The molecule has 0 aromatic carbocycles. The maximum absolute atomic E-state index is 12.1. The van der Waals surface area contributed by atoms with E-state index in [0.29, 0.717) is 25.2 Å². The first kappa shape index (κ1) is 25.3. The molecule has 1 aromatic rings. The number of aromatic amines is 1. The minimum Gasteiger partial charge on any atom is -0.394 e. The molecule has 166 valence electrons. The highest BCUT2D eigenvalue weighted by molar-refractivity contribution is 5.01. The summed E-state index contributed by atoms with van der Waals surface area (Å²) in [5.41, 5.74) is -1.60. The predicted octanol–water partition coefficient (Wildman–Crippen LogP) is 2.13. The Bertz CT molecular complexity index is 714. The smallest absolute Gasteiger partial charge is 0.330 e. The van der Waals surface area contributed by atoms with Crippen molar-refractivity contribution in [2.75, 3.05) is 26.4 Å². The predicted molar refractivity (Wildman–Crippen MR) is 112 cm³/mol. The van der Waals surface area contributed by atoms with Gasteiger partial charge >= 0.3 is 5.69 Å². The summed E-state index contributed by atoms with van der Waals surface area (Å²) in [6.45, 7) is 10.4. The van der Waals surface area contributed by atoms with Crippen LogP contribution < -0.4 is 11.2 Å². The molecule has 0 radical (unpaired) electrons. The van der Waals surface area contributed by atoms with Crippen LogP contribution in [-0.4, -0.2) is 52.8 Å². The van der Waals surface area contributed by atoms with Crippen LogP contribution in [0.5, 0.6) is 0 Å². The molecule has 0 aliphatic rings. The number of nitrogens with zero attached hydrogens (tertiary/aromatic N) is 1. The van der Waals surface area contributed by atoms with E-state index in [1.54, 1.807) is 13.0 Å². The number of H-pyrrole nitrogens is 1. The third-order valence-electron chi connectivity index (χ3n) is 4.73. The minimum absolute atomic E-state index is 0.116. The first-order chi connectivity index (χ1) is 13.9. The second-order valence-electron chi connectivity index (χ2n) is 7.17. The van der Waals surface area contributed by atoms with Crippen LogP contribution in [0.25, 0.3) is 0 Å². The van der Waals surface area contributed by atoms with Crippen LogP contribution in [0.2, 0.25) is 0 Å². The molecule has 1 heterocycles. The lowest BCUT2D eigenvalue weighted by Crippen LogP contribution is -2.52. The SMILES string of the molecule is C=CC[C@](COCCCC)(OCn1cc(C)c(=O)[nH]c1=O)C(CO)OCCCC. The number of aryl methyl sites for hydroxylation is 1. The highest BCUT2D eigenvalue weighted by atomic mass is 16.6. The van der Waals surface area contributed by atoms with Gasteiger partial charge in [0.2, 0.25) is 0 Å². The molecule has 0 aliphatic heterocycles. The maximum atomic E-state index is 12.1. The van der Waals surface area contributed by atoms with Crippen molar-refractivity contribution in [1.29, 1.82) is 0 Å². The molecule has 29 heavy (non-hydrogen) atoms. The van der Waals surface area contributed by atoms with Crippen LogP contribution in [0.3, 0.4) is 0 Å². The number of hydrogen-bond acceptors (Lipinski definition) is 6. The van der Waals surface area contributed by atoms with Gasteiger partial charge < -0.3 is 19.3 Å². The molecule has 0 bridgehead atoms. The fourth-order valence-electron chi connectivity index (χ4n) is 2.87. The Balaban J connectivity index is 3.10. The molecule has 0 fully saturated rings. The molecule has 0 saturated heterocycles. The van der Waals surface area contributed by atoms with E-state index in [1.165, 1.54) is 10.8 Å². The Hall–Kier alpha value is -1.74. The van der Waals surface area contributed by atoms with Crippen molar-refractivity contribution in [3.05, 3.63) is 45.3 Å². The summed E-state index contributed by atoms with van der Waals surface area (Å²) in [5.74, 6) is 0. The van der Waals surface area contributed by atoms with Crippen molar-refractivity contribution in [2.24, 2.45) is 0 Å². The average Bonchev–Trinajstić information content (AvgIpc) is 2.70. The summed E-state index contributed by atoms with van der Waals surface area (Å²) in [4.78, 5) is 26.0. The lowest BCUT2D eigenvalue weighted by molar-refractivity contribution is -0.201. The number of hydrogen-bond donors (Lipinski definition) is 2. The first-order valence-corrected chi connectivity index (χ1v) is 10.3. The first-order valence-electron chi connectivity index (χ1n) is 10.3. The van der Waals surface area contributed by atoms with E-state index in [0.717, 1.165) is 25.7 Å². The number of ether oxygens (including phenoxy) is 3. The highest BCUT2D eigenvalue weighted by Gasteiger charge is 2.40. The third-order valence-corrected chi connectivity index (χ3v) is 4.73. The fraction of sp³-hybridized carbons (Fsp3) is 0.714. The van der Waals surface area contributed by atoms with Gasteiger partial charge in [-0.3, -0.25) is 14.3 Å². The van der Waals surface area contributed by atoms with Crippen LogP contribution in [-0.2, 0) is 20.9 Å². The van der Waals surface area contributed by atoms with Gasteiger partial charge in [-0.25, -0.2) is 4.79 Å². The topological polar surface area (TPSA) is 103 Å². The number of unbranched alkanes of at least 4 members (excludes halogenated alkanes) is 2. The molecular formula is C21H36N2O6. The lowest BCUT2D eigenvalue weighted by atomic mass is 9.93. The second kappa shape index (κ2) is 13.5. The molecule has 2 atom stereocenters. The van der Waals surface area contributed by atoms with E-state index in [1.807, 2.05) is 0 Å². The van der Waals surface area contributed by atoms with Gasteiger partial charge in [0.05, 0.1) is 13.2 Å². The Morgan fingerprint density at radius 1 is 1.28 bits per heavy atom. The normalized spacial score (nSPS) is 14.5. The molecule has 0 saturated carbocycles. The molecule has 0 aliphatic carbocycles. The van der Waals surface area contributed by atoms with Gasteiger partial charge in [-0.05, 0) is 26.2 Å². The second-order valence-corrected chi connectivity index (χ2v) is 7.17. The van der Waals surface area contributed by atoms with Crippen molar-refractivity contribution in [2.45, 2.75) is 71.3 Å². The van der Waals surface area contributed by atoms with Crippen LogP contribution in [0.1, 0.15) is 51.5 Å². The van der Waals surface area contributed by atoms with E-state index in [4.69, 9.17) is 14.2 Å². The molecule has 1 aromatic heterocycles. The molecule has 0 amide bonds. The molecule has 2 N–H and O–H groups in total. The van der Waals surface area contributed by atoms with E-state index in [9.17, 15) is 14.7 Å². The largest absolute Gasteiger partial charge is 0.394 e. The van der Waals surface area contributed by atoms with E-state index >= 15 is 0 Å². The van der Waals surface area contributed by atoms with Crippen LogP contribution in [0.4, 0.5) is 0 Å². The molecule has 1 unspecified atom stereocenters. The van der Waals surface area contributed by atoms with Crippen LogP contribution >= 0.6 is 0 Å². The van der Waals surface area contributed by atoms with Crippen LogP contribution in [0, 0.1) is 6.92 Å². The van der Waals surface area contributed by atoms with Gasteiger partial charge in [-0.1, -0.05) is 32.8 Å². The van der Waals surface area contributed by atoms with Gasteiger partial charge in [0.25, 0.3) is 5.56 Å². The standard InChI is InChI=1S/C21H36N2O6/c1-5-8-11-27-15-21(10-7-3,18(14-24)28-12-9-6-2)29-16-23-13-17(4)19(25)22-20(23)26/h7,13,18,24H,3,5-6,8-12,14-16H2,1-2,4H3,(H,22,25,26)/t18?,21-/m1/s1. The molecule has 0 spiro atoms. The fourth-order valence-corrected chi connectivity index (χ4v) is 2.87. The summed E-state index contributed by atoms with van der Waals surface area (Å²) in [6, 6.07) is 0. The quantitative estimate of drug-likeness (QED) is 0.318. The third kappa shape index (κ3) is 7.89. The van der Waals surface area contributed by atoms with Crippen molar-refractivity contribution in [1.82, 2.24) is 9.55 Å². The lowest BCUT2D eigenvalue weighted by Gasteiger charge is -2.39. The summed E-state index contributed by atoms with van der Waals surface area (Å²) in [7, 11) is 0. The zero-order chi connectivity index (χ0) is 21.7.